The number of aldehydes is 1. The number of benzene rings is 1. The maximum absolute atomic E-state index is 11.5. The van der Waals surface area contributed by atoms with Crippen molar-refractivity contribution in [3.05, 3.63) is 29.0 Å². The van der Waals surface area contributed by atoms with Gasteiger partial charge in [-0.15, -0.1) is 0 Å². The first kappa shape index (κ1) is 13.1. The molecule has 2 aromatic rings. The molecular weight excluding hydrogens is 274 g/mol. The van der Waals surface area contributed by atoms with E-state index in [9.17, 15) is 13.2 Å². The molecule has 0 saturated heterocycles. The topological polar surface area (TPSA) is 56.1 Å². The molecule has 0 aliphatic carbocycles. The molecule has 4 nitrogen and oxygen atoms in total. The molecule has 0 N–H and O–H groups in total. The van der Waals surface area contributed by atoms with E-state index in [4.69, 9.17) is 10.7 Å². The van der Waals surface area contributed by atoms with Gasteiger partial charge in [0.25, 0.3) is 9.05 Å². The number of hydrogen-bond acceptors (Lipinski definition) is 3. The molecule has 2 rings (SSSR count). The molecule has 96 valence electrons. The third-order valence-corrected chi connectivity index (χ3v) is 4.65. The Hall–Kier alpha value is -1.33. The number of carbonyl (C=O) groups is 1. The summed E-state index contributed by atoms with van der Waals surface area (Å²) < 4.78 is 24.9. The van der Waals surface area contributed by atoms with Gasteiger partial charge in [0.2, 0.25) is 0 Å². The molecule has 1 aromatic carbocycles. The van der Waals surface area contributed by atoms with E-state index in [1.807, 2.05) is 18.5 Å². The monoisotopic (exact) mass is 285 g/mol. The van der Waals surface area contributed by atoms with Crippen LogP contribution in [0.15, 0.2) is 17.2 Å². The van der Waals surface area contributed by atoms with E-state index in [-0.39, 0.29) is 4.90 Å². The molecule has 0 fully saturated rings. The Morgan fingerprint density at radius 1 is 1.28 bits per heavy atom. The predicted octanol–water partition coefficient (Wildman–Crippen LogP) is 2.54. The van der Waals surface area contributed by atoms with Crippen molar-refractivity contribution in [1.29, 1.82) is 0 Å². The molecule has 0 spiro atoms. The van der Waals surface area contributed by atoms with E-state index in [0.29, 0.717) is 22.8 Å². The Morgan fingerprint density at radius 3 is 2.39 bits per heavy atom. The fourth-order valence-corrected chi connectivity index (χ4v) is 3.49. The number of carbonyl (C=O) groups excluding carboxylic acids is 1. The van der Waals surface area contributed by atoms with Crippen molar-refractivity contribution < 1.29 is 13.2 Å². The van der Waals surface area contributed by atoms with Crippen LogP contribution < -0.4 is 0 Å². The van der Waals surface area contributed by atoms with E-state index in [0.717, 1.165) is 11.1 Å². The lowest BCUT2D eigenvalue weighted by Crippen LogP contribution is -1.99. The molecule has 1 heterocycles. The molecule has 0 amide bonds. The van der Waals surface area contributed by atoms with Crippen molar-refractivity contribution in [2.45, 2.75) is 18.7 Å². The number of aryl methyl sites for hydroxylation is 2. The number of aromatic nitrogens is 1. The lowest BCUT2D eigenvalue weighted by atomic mass is 10.0. The van der Waals surface area contributed by atoms with Gasteiger partial charge in [0, 0.05) is 34.9 Å². The van der Waals surface area contributed by atoms with Gasteiger partial charge in [-0.2, -0.15) is 0 Å². The third-order valence-electron chi connectivity index (χ3n) is 3.20. The number of fused-ring (bicyclic) bond motifs is 1. The Balaban J connectivity index is 3.04. The van der Waals surface area contributed by atoms with Crippen molar-refractivity contribution >= 4 is 36.9 Å². The molecule has 0 aliphatic heterocycles. The van der Waals surface area contributed by atoms with Gasteiger partial charge in [-0.1, -0.05) is 0 Å². The fourth-order valence-electron chi connectivity index (χ4n) is 2.24. The normalized spacial score (nSPS) is 12.0. The van der Waals surface area contributed by atoms with Crippen molar-refractivity contribution in [2.75, 3.05) is 0 Å². The summed E-state index contributed by atoms with van der Waals surface area (Å²) in [5.41, 5.74) is 2.72. The highest BCUT2D eigenvalue weighted by molar-refractivity contribution is 8.13. The molecule has 0 unspecified atom stereocenters. The summed E-state index contributed by atoms with van der Waals surface area (Å²) in [4.78, 5) is 11.1. The largest absolute Gasteiger partial charge is 0.350 e. The summed E-state index contributed by atoms with van der Waals surface area (Å²) >= 11 is 0. The predicted molar refractivity (Wildman–Crippen MR) is 70.8 cm³/mol. The maximum atomic E-state index is 11.5. The highest BCUT2D eigenvalue weighted by Crippen LogP contribution is 2.31. The van der Waals surface area contributed by atoms with Crippen LogP contribution in [0.25, 0.3) is 10.9 Å². The van der Waals surface area contributed by atoms with E-state index < -0.39 is 9.05 Å². The first-order valence-corrected chi connectivity index (χ1v) is 7.57. The lowest BCUT2D eigenvalue weighted by molar-refractivity contribution is 0.112. The smallest absolute Gasteiger partial charge is 0.261 e. The van der Waals surface area contributed by atoms with Crippen LogP contribution in [0.1, 0.15) is 21.5 Å². The minimum absolute atomic E-state index is 0.0588. The zero-order valence-corrected chi connectivity index (χ0v) is 11.8. The summed E-state index contributed by atoms with van der Waals surface area (Å²) in [6.45, 7) is 3.52. The molecule has 18 heavy (non-hydrogen) atoms. The Bertz CT molecular complexity index is 759. The van der Waals surface area contributed by atoms with Crippen LogP contribution in [-0.4, -0.2) is 19.3 Å². The molecule has 0 saturated carbocycles. The number of nitrogens with zero attached hydrogens (tertiary/aromatic N) is 1. The van der Waals surface area contributed by atoms with Crippen molar-refractivity contribution in [3.63, 3.8) is 0 Å². The summed E-state index contributed by atoms with van der Waals surface area (Å²) in [5, 5.41) is 0.606. The highest BCUT2D eigenvalue weighted by atomic mass is 35.7. The van der Waals surface area contributed by atoms with E-state index in [2.05, 4.69) is 0 Å². The minimum Gasteiger partial charge on any atom is -0.350 e. The highest BCUT2D eigenvalue weighted by Gasteiger charge is 2.20. The first-order valence-electron chi connectivity index (χ1n) is 5.26. The number of rotatable bonds is 2. The van der Waals surface area contributed by atoms with Crippen LogP contribution >= 0.6 is 10.7 Å². The van der Waals surface area contributed by atoms with Crippen LogP contribution in [0.3, 0.4) is 0 Å². The Morgan fingerprint density at radius 2 is 1.89 bits per heavy atom. The van der Waals surface area contributed by atoms with Gasteiger partial charge in [0.05, 0.1) is 10.4 Å². The van der Waals surface area contributed by atoms with E-state index in [1.54, 1.807) is 13.1 Å². The zero-order chi connectivity index (χ0) is 13.7. The van der Waals surface area contributed by atoms with E-state index >= 15 is 0 Å². The average molecular weight is 286 g/mol. The summed E-state index contributed by atoms with van der Waals surface area (Å²) in [6.07, 6.45) is 2.39. The van der Waals surface area contributed by atoms with Gasteiger partial charge < -0.3 is 4.57 Å². The van der Waals surface area contributed by atoms with E-state index in [1.165, 1.54) is 6.07 Å². The third kappa shape index (κ3) is 1.83. The SMILES string of the molecule is Cc1c(S(=O)(=O)Cl)cc2c(C=O)cn(C)c2c1C. The van der Waals surface area contributed by atoms with Gasteiger partial charge in [0.15, 0.2) is 6.29 Å². The van der Waals surface area contributed by atoms with Gasteiger partial charge in [-0.3, -0.25) is 4.79 Å². The van der Waals surface area contributed by atoms with Crippen LogP contribution in [-0.2, 0) is 16.1 Å². The number of hydrogen-bond donors (Lipinski definition) is 0. The van der Waals surface area contributed by atoms with Crippen molar-refractivity contribution in [2.24, 2.45) is 7.05 Å². The average Bonchev–Trinajstić information content (AvgIpc) is 2.58. The minimum atomic E-state index is -3.82. The van der Waals surface area contributed by atoms with Crippen LogP contribution in [0.4, 0.5) is 0 Å². The first-order chi connectivity index (χ1) is 8.27. The van der Waals surface area contributed by atoms with Gasteiger partial charge in [-0.25, -0.2) is 8.42 Å². The molecular formula is C12H12ClNO3S. The summed E-state index contributed by atoms with van der Waals surface area (Å²) in [7, 11) is 3.42. The second kappa shape index (κ2) is 4.10. The van der Waals surface area contributed by atoms with Crippen molar-refractivity contribution in [1.82, 2.24) is 4.57 Å². The maximum Gasteiger partial charge on any atom is 0.261 e. The molecule has 0 atom stereocenters. The molecule has 6 heteroatoms. The van der Waals surface area contributed by atoms with Gasteiger partial charge >= 0.3 is 0 Å². The zero-order valence-electron chi connectivity index (χ0n) is 10.2. The standard InChI is InChI=1S/C12H12ClNO3S/c1-7-8(2)12-10(4-11(7)18(13,16)17)9(6-15)5-14(12)3/h4-6H,1-3H3. The second-order valence-corrected chi connectivity index (χ2v) is 6.81. The summed E-state index contributed by atoms with van der Waals surface area (Å²) in [6, 6.07) is 1.46. The molecule has 0 radical (unpaired) electrons. The summed E-state index contributed by atoms with van der Waals surface area (Å²) in [5.74, 6) is 0. The molecule has 0 aliphatic rings. The Labute approximate surface area is 110 Å². The molecule has 0 bridgehead atoms. The van der Waals surface area contributed by atoms with Crippen LogP contribution in [0.2, 0.25) is 0 Å². The number of halogens is 1. The molecule has 1 aromatic heterocycles. The van der Waals surface area contributed by atoms with Gasteiger partial charge in [-0.05, 0) is 31.0 Å². The quantitative estimate of drug-likeness (QED) is 0.629. The van der Waals surface area contributed by atoms with Crippen LogP contribution in [0.5, 0.6) is 0 Å². The van der Waals surface area contributed by atoms with Gasteiger partial charge in [0.1, 0.15) is 0 Å². The fraction of sp³-hybridized carbons (Fsp3) is 0.250. The Kier molecular flexibility index (Phi) is 2.99. The van der Waals surface area contributed by atoms with Crippen molar-refractivity contribution in [3.8, 4) is 0 Å². The second-order valence-electron chi connectivity index (χ2n) is 4.27. The lowest BCUT2D eigenvalue weighted by Gasteiger charge is -2.09. The van der Waals surface area contributed by atoms with Crippen LogP contribution in [0, 0.1) is 13.8 Å².